The molecule has 0 aliphatic rings. The molecule has 1 aromatic rings. The van der Waals surface area contributed by atoms with Gasteiger partial charge in [-0.15, -0.1) is 0 Å². The Morgan fingerprint density at radius 1 is 1.83 bits per heavy atom. The van der Waals surface area contributed by atoms with Gasteiger partial charge < -0.3 is 5.11 Å². The largest absolute Gasteiger partial charge is 0.481 e. The molecule has 0 saturated heterocycles. The number of aromatic nitrogens is 2. The molecule has 1 heterocycles. The number of carboxylic acid groups (broad SMARTS) is 1. The van der Waals surface area contributed by atoms with Crippen molar-refractivity contribution < 1.29 is 9.90 Å². The molecule has 0 aliphatic heterocycles. The van der Waals surface area contributed by atoms with Crippen molar-refractivity contribution in [1.82, 2.24) is 9.78 Å². The van der Waals surface area contributed by atoms with Crippen LogP contribution in [-0.2, 0) is 18.3 Å². The Bertz CT molecular complexity index is 280. The van der Waals surface area contributed by atoms with Crippen molar-refractivity contribution in [2.24, 2.45) is 13.0 Å². The van der Waals surface area contributed by atoms with Crippen molar-refractivity contribution >= 4 is 5.97 Å². The molecule has 1 unspecified atom stereocenters. The number of nitrogens with zero attached hydrogens (tertiary/aromatic N) is 2. The van der Waals surface area contributed by atoms with Crippen LogP contribution in [0.1, 0.15) is 12.6 Å². The van der Waals surface area contributed by atoms with E-state index in [0.29, 0.717) is 6.42 Å². The minimum Gasteiger partial charge on any atom is -0.481 e. The number of rotatable bonds is 3. The van der Waals surface area contributed by atoms with Crippen LogP contribution in [0, 0.1) is 5.92 Å². The van der Waals surface area contributed by atoms with E-state index in [2.05, 4.69) is 5.10 Å². The Labute approximate surface area is 70.8 Å². The van der Waals surface area contributed by atoms with Gasteiger partial charge in [0.1, 0.15) is 0 Å². The minimum atomic E-state index is -0.767. The Hall–Kier alpha value is -1.32. The van der Waals surface area contributed by atoms with Gasteiger partial charge >= 0.3 is 5.97 Å². The lowest BCUT2D eigenvalue weighted by atomic mass is 10.1. The number of aliphatic carboxylic acids is 1. The summed E-state index contributed by atoms with van der Waals surface area (Å²) in [4.78, 5) is 10.5. The number of aryl methyl sites for hydroxylation is 1. The summed E-state index contributed by atoms with van der Waals surface area (Å²) in [6.07, 6.45) is 2.20. The Morgan fingerprint density at radius 2 is 2.50 bits per heavy atom. The van der Waals surface area contributed by atoms with Crippen molar-refractivity contribution in [2.75, 3.05) is 0 Å². The highest BCUT2D eigenvalue weighted by Gasteiger charge is 2.12. The molecule has 4 nitrogen and oxygen atoms in total. The van der Waals surface area contributed by atoms with E-state index in [9.17, 15) is 4.79 Å². The topological polar surface area (TPSA) is 55.1 Å². The number of hydrogen-bond donors (Lipinski definition) is 1. The van der Waals surface area contributed by atoms with Gasteiger partial charge in [-0.3, -0.25) is 9.48 Å². The van der Waals surface area contributed by atoms with Gasteiger partial charge in [0.25, 0.3) is 0 Å². The Kier molecular flexibility index (Phi) is 2.47. The molecule has 0 fully saturated rings. The molecule has 1 aromatic heterocycles. The molecule has 0 spiro atoms. The van der Waals surface area contributed by atoms with Crippen LogP contribution in [0.5, 0.6) is 0 Å². The lowest BCUT2D eigenvalue weighted by Gasteiger charge is -2.05. The van der Waals surface area contributed by atoms with Crippen LogP contribution in [-0.4, -0.2) is 20.9 Å². The van der Waals surface area contributed by atoms with Crippen molar-refractivity contribution in [3.8, 4) is 0 Å². The van der Waals surface area contributed by atoms with E-state index in [1.54, 1.807) is 17.8 Å². The molecule has 0 bridgehead atoms. The maximum Gasteiger partial charge on any atom is 0.306 e. The van der Waals surface area contributed by atoms with Crippen molar-refractivity contribution in [3.05, 3.63) is 18.0 Å². The van der Waals surface area contributed by atoms with Crippen LogP contribution in [0.4, 0.5) is 0 Å². The summed E-state index contributed by atoms with van der Waals surface area (Å²) in [5.74, 6) is -1.11. The first-order valence-electron chi connectivity index (χ1n) is 3.81. The standard InChI is InChI=1S/C8H12N2O2/c1-6(8(11)12)5-7-3-4-9-10(7)2/h3-4,6H,5H2,1-2H3,(H,11,12). The van der Waals surface area contributed by atoms with Gasteiger partial charge in [-0.2, -0.15) is 5.10 Å². The van der Waals surface area contributed by atoms with E-state index in [1.807, 2.05) is 13.1 Å². The first kappa shape index (κ1) is 8.77. The molecule has 1 N–H and O–H groups in total. The number of carboxylic acids is 1. The molecule has 12 heavy (non-hydrogen) atoms. The lowest BCUT2D eigenvalue weighted by molar-refractivity contribution is -0.141. The number of hydrogen-bond acceptors (Lipinski definition) is 2. The van der Waals surface area contributed by atoms with E-state index in [1.165, 1.54) is 0 Å². The van der Waals surface area contributed by atoms with Gasteiger partial charge in [0.05, 0.1) is 5.92 Å². The Morgan fingerprint density at radius 3 is 2.92 bits per heavy atom. The summed E-state index contributed by atoms with van der Waals surface area (Å²) in [5.41, 5.74) is 0.949. The zero-order valence-electron chi connectivity index (χ0n) is 7.19. The molecule has 1 atom stereocenters. The first-order valence-corrected chi connectivity index (χ1v) is 3.81. The first-order chi connectivity index (χ1) is 5.61. The van der Waals surface area contributed by atoms with Gasteiger partial charge in [0.15, 0.2) is 0 Å². The van der Waals surface area contributed by atoms with Gasteiger partial charge in [-0.25, -0.2) is 0 Å². The molecule has 66 valence electrons. The highest BCUT2D eigenvalue weighted by molar-refractivity contribution is 5.69. The third-order valence-corrected chi connectivity index (χ3v) is 1.86. The second kappa shape index (κ2) is 3.38. The quantitative estimate of drug-likeness (QED) is 0.722. The van der Waals surface area contributed by atoms with E-state index in [-0.39, 0.29) is 5.92 Å². The average molecular weight is 168 g/mol. The zero-order chi connectivity index (χ0) is 9.14. The minimum absolute atomic E-state index is 0.347. The van der Waals surface area contributed by atoms with Crippen LogP contribution >= 0.6 is 0 Å². The Balaban J connectivity index is 2.64. The van der Waals surface area contributed by atoms with E-state index in [4.69, 9.17) is 5.11 Å². The molecule has 0 saturated carbocycles. The number of carbonyl (C=O) groups is 1. The fraction of sp³-hybridized carbons (Fsp3) is 0.500. The smallest absolute Gasteiger partial charge is 0.306 e. The molecule has 4 heteroatoms. The predicted molar refractivity (Wildman–Crippen MR) is 43.7 cm³/mol. The van der Waals surface area contributed by atoms with Crippen molar-refractivity contribution in [3.63, 3.8) is 0 Å². The summed E-state index contributed by atoms with van der Waals surface area (Å²) in [5, 5.41) is 12.6. The van der Waals surface area contributed by atoms with E-state index in [0.717, 1.165) is 5.69 Å². The second-order valence-electron chi connectivity index (χ2n) is 2.89. The maximum absolute atomic E-state index is 10.5. The van der Waals surface area contributed by atoms with Gasteiger partial charge in [0.2, 0.25) is 0 Å². The fourth-order valence-corrected chi connectivity index (χ4v) is 1.00. The third kappa shape index (κ3) is 1.84. The van der Waals surface area contributed by atoms with Crippen LogP contribution in [0.3, 0.4) is 0 Å². The summed E-state index contributed by atoms with van der Waals surface area (Å²) in [6, 6.07) is 1.83. The fourth-order valence-electron chi connectivity index (χ4n) is 1.00. The summed E-state index contributed by atoms with van der Waals surface area (Å²) in [7, 11) is 1.81. The SMILES string of the molecule is CC(Cc1ccnn1C)C(=O)O. The molecule has 0 aliphatic carbocycles. The monoisotopic (exact) mass is 168 g/mol. The molecular formula is C8H12N2O2. The van der Waals surface area contributed by atoms with E-state index >= 15 is 0 Å². The van der Waals surface area contributed by atoms with Gasteiger partial charge in [0, 0.05) is 25.4 Å². The average Bonchev–Trinajstić information content (AvgIpc) is 2.36. The van der Waals surface area contributed by atoms with Gasteiger partial charge in [-0.05, 0) is 6.07 Å². The third-order valence-electron chi connectivity index (χ3n) is 1.86. The summed E-state index contributed by atoms with van der Waals surface area (Å²) >= 11 is 0. The second-order valence-corrected chi connectivity index (χ2v) is 2.89. The maximum atomic E-state index is 10.5. The molecule has 0 radical (unpaired) electrons. The van der Waals surface area contributed by atoms with Crippen LogP contribution < -0.4 is 0 Å². The molecule has 1 rings (SSSR count). The summed E-state index contributed by atoms with van der Waals surface area (Å²) in [6.45, 7) is 1.69. The zero-order valence-corrected chi connectivity index (χ0v) is 7.19. The summed E-state index contributed by atoms with van der Waals surface area (Å²) < 4.78 is 1.69. The van der Waals surface area contributed by atoms with Crippen LogP contribution in [0.15, 0.2) is 12.3 Å². The van der Waals surface area contributed by atoms with Crippen LogP contribution in [0.2, 0.25) is 0 Å². The van der Waals surface area contributed by atoms with Crippen LogP contribution in [0.25, 0.3) is 0 Å². The van der Waals surface area contributed by atoms with Crippen molar-refractivity contribution in [2.45, 2.75) is 13.3 Å². The highest BCUT2D eigenvalue weighted by atomic mass is 16.4. The van der Waals surface area contributed by atoms with Gasteiger partial charge in [-0.1, -0.05) is 6.92 Å². The van der Waals surface area contributed by atoms with Crippen molar-refractivity contribution in [1.29, 1.82) is 0 Å². The van der Waals surface area contributed by atoms with E-state index < -0.39 is 5.97 Å². The highest BCUT2D eigenvalue weighted by Crippen LogP contribution is 2.06. The lowest BCUT2D eigenvalue weighted by Crippen LogP contribution is -2.14. The normalized spacial score (nSPS) is 12.8. The molecular weight excluding hydrogens is 156 g/mol. The molecule has 0 amide bonds. The predicted octanol–water partition coefficient (Wildman–Crippen LogP) is 0.683. The molecule has 0 aromatic carbocycles.